The number of nitrogens with one attached hydrogen (secondary N) is 2. The molecule has 0 aromatic carbocycles. The Bertz CT molecular complexity index is 274. The minimum absolute atomic E-state index is 0.301. The van der Waals surface area contributed by atoms with Gasteiger partial charge in [0.1, 0.15) is 0 Å². The first kappa shape index (κ1) is 16.3. The van der Waals surface area contributed by atoms with E-state index in [1.807, 2.05) is 0 Å². The summed E-state index contributed by atoms with van der Waals surface area (Å²) < 4.78 is 0. The van der Waals surface area contributed by atoms with Crippen LogP contribution in [0.4, 0.5) is 0 Å². The zero-order chi connectivity index (χ0) is 14.4. The van der Waals surface area contributed by atoms with Crippen molar-refractivity contribution < 1.29 is 5.11 Å². The third-order valence-electron chi connectivity index (χ3n) is 5.29. The van der Waals surface area contributed by atoms with Crippen molar-refractivity contribution in [2.45, 2.75) is 77.3 Å². The molecule has 2 fully saturated rings. The van der Waals surface area contributed by atoms with Crippen LogP contribution in [0.15, 0.2) is 0 Å². The van der Waals surface area contributed by atoms with Gasteiger partial charge in [0.05, 0.1) is 0 Å². The Balaban J connectivity index is 1.78. The van der Waals surface area contributed by atoms with Gasteiger partial charge in [-0.15, -0.1) is 0 Å². The van der Waals surface area contributed by atoms with Gasteiger partial charge in [-0.1, -0.05) is 26.7 Å². The normalized spacial score (nSPS) is 31.6. The Morgan fingerprint density at radius 3 is 2.70 bits per heavy atom. The fourth-order valence-electron chi connectivity index (χ4n) is 4.02. The number of hydrogen-bond donors (Lipinski definition) is 3. The fourth-order valence-corrected chi connectivity index (χ4v) is 4.02. The molecular weight excluding hydrogens is 248 g/mol. The van der Waals surface area contributed by atoms with E-state index in [0.29, 0.717) is 18.1 Å². The topological polar surface area (TPSA) is 44.3 Å². The lowest BCUT2D eigenvalue weighted by Crippen LogP contribution is -2.48. The maximum atomic E-state index is 8.99. The van der Waals surface area contributed by atoms with E-state index in [9.17, 15) is 0 Å². The van der Waals surface area contributed by atoms with Crippen LogP contribution in [0.2, 0.25) is 0 Å². The van der Waals surface area contributed by atoms with E-state index in [0.717, 1.165) is 31.3 Å². The van der Waals surface area contributed by atoms with Crippen molar-refractivity contribution >= 4 is 0 Å². The highest BCUT2D eigenvalue weighted by atomic mass is 16.2. The standard InChI is InChI=1S/C17H34N2O/c1-17(2,10-6-12-20)13-19-16-9-5-7-14(16)15-8-3-4-11-18-15/h14-16,18-20H,3-13H2,1-2H3. The van der Waals surface area contributed by atoms with Crippen LogP contribution in [-0.4, -0.2) is 36.9 Å². The van der Waals surface area contributed by atoms with Crippen molar-refractivity contribution in [1.82, 2.24) is 10.6 Å². The first-order chi connectivity index (χ1) is 9.62. The second kappa shape index (κ2) is 7.77. The zero-order valence-electron chi connectivity index (χ0n) is 13.5. The molecule has 118 valence electrons. The second-order valence-electron chi connectivity index (χ2n) is 7.63. The Labute approximate surface area is 124 Å². The summed E-state index contributed by atoms with van der Waals surface area (Å²) in [6.07, 6.45) is 10.3. The van der Waals surface area contributed by atoms with Crippen LogP contribution in [0.25, 0.3) is 0 Å². The minimum atomic E-state index is 0.301. The van der Waals surface area contributed by atoms with Crippen molar-refractivity contribution in [3.8, 4) is 0 Å². The zero-order valence-corrected chi connectivity index (χ0v) is 13.5. The third kappa shape index (κ3) is 4.71. The lowest BCUT2D eigenvalue weighted by molar-refractivity contribution is 0.211. The molecule has 0 bridgehead atoms. The first-order valence-electron chi connectivity index (χ1n) is 8.70. The molecule has 1 heterocycles. The summed E-state index contributed by atoms with van der Waals surface area (Å²) in [5.74, 6) is 0.837. The van der Waals surface area contributed by atoms with Crippen molar-refractivity contribution in [2.75, 3.05) is 19.7 Å². The lowest BCUT2D eigenvalue weighted by Gasteiger charge is -2.35. The highest BCUT2D eigenvalue weighted by Crippen LogP contribution is 2.32. The van der Waals surface area contributed by atoms with Gasteiger partial charge in [-0.25, -0.2) is 0 Å². The molecule has 1 saturated heterocycles. The van der Waals surface area contributed by atoms with Crippen molar-refractivity contribution in [3.63, 3.8) is 0 Å². The summed E-state index contributed by atoms with van der Waals surface area (Å²) >= 11 is 0. The molecule has 3 unspecified atom stereocenters. The molecule has 0 aromatic rings. The smallest absolute Gasteiger partial charge is 0.0431 e. The number of hydrogen-bond acceptors (Lipinski definition) is 3. The van der Waals surface area contributed by atoms with Crippen LogP contribution in [0, 0.1) is 11.3 Å². The lowest BCUT2D eigenvalue weighted by atomic mass is 9.85. The molecule has 1 aliphatic carbocycles. The maximum absolute atomic E-state index is 8.99. The quantitative estimate of drug-likeness (QED) is 0.673. The second-order valence-corrected chi connectivity index (χ2v) is 7.63. The average Bonchev–Trinajstić information content (AvgIpc) is 2.93. The predicted octanol–water partition coefficient (Wildman–Crippen LogP) is 2.69. The molecule has 1 saturated carbocycles. The summed E-state index contributed by atoms with van der Waals surface area (Å²) in [6, 6.07) is 1.46. The Morgan fingerprint density at radius 2 is 2.00 bits per heavy atom. The molecule has 0 aromatic heterocycles. The highest BCUT2D eigenvalue weighted by Gasteiger charge is 2.34. The van der Waals surface area contributed by atoms with E-state index in [2.05, 4.69) is 24.5 Å². The molecule has 0 amide bonds. The number of aliphatic hydroxyl groups is 1. The molecule has 0 spiro atoms. The van der Waals surface area contributed by atoms with Gasteiger partial charge in [0.15, 0.2) is 0 Å². The Hall–Kier alpha value is -0.120. The summed E-state index contributed by atoms with van der Waals surface area (Å²) in [5.41, 5.74) is 0.301. The van der Waals surface area contributed by atoms with Gasteiger partial charge in [0.2, 0.25) is 0 Å². The molecule has 3 N–H and O–H groups in total. The molecule has 0 radical (unpaired) electrons. The maximum Gasteiger partial charge on any atom is 0.0431 e. The highest BCUT2D eigenvalue weighted by molar-refractivity contribution is 4.93. The van der Waals surface area contributed by atoms with Gasteiger partial charge in [0, 0.05) is 25.2 Å². The monoisotopic (exact) mass is 282 g/mol. The predicted molar refractivity (Wildman–Crippen MR) is 84.9 cm³/mol. The average molecular weight is 282 g/mol. The molecule has 1 aliphatic heterocycles. The van der Waals surface area contributed by atoms with Crippen LogP contribution >= 0.6 is 0 Å². The van der Waals surface area contributed by atoms with Crippen LogP contribution in [0.1, 0.15) is 65.2 Å². The summed E-state index contributed by atoms with van der Waals surface area (Å²) in [5, 5.41) is 16.6. The van der Waals surface area contributed by atoms with Crippen LogP contribution in [0.5, 0.6) is 0 Å². The van der Waals surface area contributed by atoms with Gasteiger partial charge >= 0.3 is 0 Å². The minimum Gasteiger partial charge on any atom is -0.396 e. The van der Waals surface area contributed by atoms with Gasteiger partial charge in [0.25, 0.3) is 0 Å². The molecule has 2 rings (SSSR count). The molecule has 20 heavy (non-hydrogen) atoms. The van der Waals surface area contributed by atoms with Gasteiger partial charge in [-0.05, 0) is 56.4 Å². The van der Waals surface area contributed by atoms with Crippen LogP contribution < -0.4 is 10.6 Å². The number of aliphatic hydroxyl groups excluding tert-OH is 1. The van der Waals surface area contributed by atoms with Gasteiger partial charge in [-0.2, -0.15) is 0 Å². The van der Waals surface area contributed by atoms with Crippen LogP contribution in [0.3, 0.4) is 0 Å². The largest absolute Gasteiger partial charge is 0.396 e. The van der Waals surface area contributed by atoms with Crippen LogP contribution in [-0.2, 0) is 0 Å². The Kier molecular flexibility index (Phi) is 6.31. The van der Waals surface area contributed by atoms with E-state index in [-0.39, 0.29) is 0 Å². The van der Waals surface area contributed by atoms with E-state index >= 15 is 0 Å². The van der Waals surface area contributed by atoms with Crippen molar-refractivity contribution in [2.24, 2.45) is 11.3 Å². The summed E-state index contributed by atoms with van der Waals surface area (Å²) in [4.78, 5) is 0. The molecule has 3 nitrogen and oxygen atoms in total. The van der Waals surface area contributed by atoms with Crippen molar-refractivity contribution in [3.05, 3.63) is 0 Å². The fraction of sp³-hybridized carbons (Fsp3) is 1.00. The number of rotatable bonds is 7. The SMILES string of the molecule is CC(C)(CCCO)CNC1CCCC1C1CCCCN1. The summed E-state index contributed by atoms with van der Waals surface area (Å²) in [7, 11) is 0. The van der Waals surface area contributed by atoms with E-state index < -0.39 is 0 Å². The molecule has 3 atom stereocenters. The van der Waals surface area contributed by atoms with E-state index in [1.165, 1.54) is 45.1 Å². The third-order valence-corrected chi connectivity index (χ3v) is 5.29. The molecule has 3 heteroatoms. The van der Waals surface area contributed by atoms with Crippen molar-refractivity contribution in [1.29, 1.82) is 0 Å². The summed E-state index contributed by atoms with van der Waals surface area (Å²) in [6.45, 7) is 7.26. The van der Waals surface area contributed by atoms with Gasteiger partial charge in [-0.3, -0.25) is 0 Å². The van der Waals surface area contributed by atoms with E-state index in [1.54, 1.807) is 0 Å². The molecular formula is C17H34N2O. The number of piperidine rings is 1. The molecule has 2 aliphatic rings. The Morgan fingerprint density at radius 1 is 1.15 bits per heavy atom. The first-order valence-corrected chi connectivity index (χ1v) is 8.70. The van der Waals surface area contributed by atoms with E-state index in [4.69, 9.17) is 5.11 Å². The van der Waals surface area contributed by atoms with Gasteiger partial charge < -0.3 is 15.7 Å².